The van der Waals surface area contributed by atoms with Crippen molar-refractivity contribution < 1.29 is 26.7 Å². The van der Waals surface area contributed by atoms with Gasteiger partial charge in [-0.05, 0) is 37.6 Å². The van der Waals surface area contributed by atoms with E-state index in [0.717, 1.165) is 24.3 Å². The van der Waals surface area contributed by atoms with Crippen LogP contribution in [0.25, 0.3) is 0 Å². The minimum atomic E-state index is -4.48. The highest BCUT2D eigenvalue weighted by atomic mass is 32.2. The maximum Gasteiger partial charge on any atom is 0.416 e. The summed E-state index contributed by atoms with van der Waals surface area (Å²) in [4.78, 5) is -0.170. The van der Waals surface area contributed by atoms with Gasteiger partial charge in [-0.3, -0.25) is 0 Å². The third kappa shape index (κ3) is 3.99. The zero-order chi connectivity index (χ0) is 14.0. The normalized spacial score (nSPS) is 14.5. The van der Waals surface area contributed by atoms with Crippen LogP contribution in [0.2, 0.25) is 0 Å². The fraction of sp³-hybridized carbons (Fsp3) is 0.455. The highest BCUT2D eigenvalue weighted by Crippen LogP contribution is 2.29. The molecule has 0 bridgehead atoms. The Morgan fingerprint density at radius 3 is 2.11 bits per heavy atom. The van der Waals surface area contributed by atoms with E-state index in [4.69, 9.17) is 5.11 Å². The molecule has 0 saturated carbocycles. The first kappa shape index (κ1) is 15.0. The molecule has 3 nitrogen and oxygen atoms in total. The number of hydrogen-bond donors (Lipinski definition) is 1. The van der Waals surface area contributed by atoms with Crippen molar-refractivity contribution in [2.45, 2.75) is 30.5 Å². The van der Waals surface area contributed by atoms with Gasteiger partial charge >= 0.3 is 6.18 Å². The molecule has 1 N–H and O–H groups in total. The molecule has 18 heavy (non-hydrogen) atoms. The summed E-state index contributed by atoms with van der Waals surface area (Å²) < 4.78 is 60.3. The molecule has 0 aromatic heterocycles. The van der Waals surface area contributed by atoms with Gasteiger partial charge in [-0.1, -0.05) is 0 Å². The molecule has 0 saturated heterocycles. The average Bonchev–Trinajstić information content (AvgIpc) is 2.26. The first-order valence-corrected chi connectivity index (χ1v) is 6.86. The van der Waals surface area contributed by atoms with E-state index < -0.39 is 27.7 Å². The van der Waals surface area contributed by atoms with E-state index in [2.05, 4.69) is 0 Å². The van der Waals surface area contributed by atoms with Crippen molar-refractivity contribution in [1.82, 2.24) is 0 Å². The van der Waals surface area contributed by atoms with Crippen LogP contribution in [0.15, 0.2) is 29.2 Å². The van der Waals surface area contributed by atoms with Crippen molar-refractivity contribution in [2.75, 3.05) is 5.75 Å². The SMILES string of the molecule is CC(O)CCS(=O)(=O)c1ccc(C(F)(F)F)cc1. The van der Waals surface area contributed by atoms with Crippen molar-refractivity contribution in [1.29, 1.82) is 0 Å². The summed E-state index contributed by atoms with van der Waals surface area (Å²) in [6.07, 6.45) is -5.21. The quantitative estimate of drug-likeness (QED) is 0.921. The Labute approximate surface area is 103 Å². The first-order chi connectivity index (χ1) is 8.13. The lowest BCUT2D eigenvalue weighted by molar-refractivity contribution is -0.137. The Kier molecular flexibility index (Phi) is 4.39. The summed E-state index contributed by atoms with van der Waals surface area (Å²) >= 11 is 0. The molecule has 1 aromatic rings. The summed E-state index contributed by atoms with van der Waals surface area (Å²) in [5.74, 6) is -0.296. The second-order valence-corrected chi connectivity index (χ2v) is 6.09. The number of benzene rings is 1. The van der Waals surface area contributed by atoms with E-state index in [1.807, 2.05) is 0 Å². The molecule has 0 radical (unpaired) electrons. The van der Waals surface area contributed by atoms with Gasteiger partial charge in [0.25, 0.3) is 0 Å². The monoisotopic (exact) mass is 282 g/mol. The van der Waals surface area contributed by atoms with Crippen LogP contribution < -0.4 is 0 Å². The van der Waals surface area contributed by atoms with Crippen LogP contribution in [0.4, 0.5) is 13.2 Å². The summed E-state index contributed by atoms with van der Waals surface area (Å²) in [5.41, 5.74) is -0.892. The molecule has 7 heteroatoms. The fourth-order valence-electron chi connectivity index (χ4n) is 1.29. The lowest BCUT2D eigenvalue weighted by Gasteiger charge is -2.09. The number of hydrogen-bond acceptors (Lipinski definition) is 3. The molecule has 0 aliphatic carbocycles. The smallest absolute Gasteiger partial charge is 0.393 e. The van der Waals surface area contributed by atoms with Crippen LogP contribution in [0, 0.1) is 0 Å². The molecule has 102 valence electrons. The van der Waals surface area contributed by atoms with Crippen LogP contribution in [-0.4, -0.2) is 25.4 Å². The Balaban J connectivity index is 2.91. The number of rotatable bonds is 4. The third-order valence-corrected chi connectivity index (χ3v) is 4.11. The summed E-state index contributed by atoms with van der Waals surface area (Å²) in [5, 5.41) is 9.00. The first-order valence-electron chi connectivity index (χ1n) is 5.21. The van der Waals surface area contributed by atoms with Crippen LogP contribution in [-0.2, 0) is 16.0 Å². The van der Waals surface area contributed by atoms with Crippen molar-refractivity contribution in [3.63, 3.8) is 0 Å². The van der Waals surface area contributed by atoms with E-state index in [0.29, 0.717) is 0 Å². The van der Waals surface area contributed by atoms with Gasteiger partial charge in [-0.15, -0.1) is 0 Å². The van der Waals surface area contributed by atoms with Crippen LogP contribution >= 0.6 is 0 Å². The molecular formula is C11H13F3O3S. The third-order valence-electron chi connectivity index (χ3n) is 2.35. The van der Waals surface area contributed by atoms with Gasteiger partial charge in [0, 0.05) is 0 Å². The van der Waals surface area contributed by atoms with E-state index in [-0.39, 0.29) is 17.1 Å². The predicted octanol–water partition coefficient (Wildman–Crippen LogP) is 2.25. The summed E-state index contributed by atoms with van der Waals surface area (Å²) in [7, 11) is -3.64. The Bertz CT molecular complexity index is 489. The molecule has 0 aliphatic heterocycles. The van der Waals surface area contributed by atoms with E-state index in [9.17, 15) is 21.6 Å². The molecular weight excluding hydrogens is 269 g/mol. The maximum absolute atomic E-state index is 12.3. The number of aliphatic hydroxyl groups excluding tert-OH is 1. The van der Waals surface area contributed by atoms with E-state index in [1.54, 1.807) is 0 Å². The van der Waals surface area contributed by atoms with Gasteiger partial charge in [0.2, 0.25) is 0 Å². The van der Waals surface area contributed by atoms with Gasteiger partial charge in [0.1, 0.15) is 0 Å². The van der Waals surface area contributed by atoms with Crippen molar-refractivity contribution in [3.05, 3.63) is 29.8 Å². The molecule has 0 aliphatic rings. The van der Waals surface area contributed by atoms with Crippen LogP contribution in [0.3, 0.4) is 0 Å². The molecule has 1 unspecified atom stereocenters. The minimum Gasteiger partial charge on any atom is -0.393 e. The number of sulfone groups is 1. The zero-order valence-electron chi connectivity index (χ0n) is 9.61. The number of alkyl halides is 3. The highest BCUT2D eigenvalue weighted by Gasteiger charge is 2.30. The Hall–Kier alpha value is -1.08. The number of aliphatic hydroxyl groups is 1. The van der Waals surface area contributed by atoms with Gasteiger partial charge in [0.15, 0.2) is 9.84 Å². The van der Waals surface area contributed by atoms with Gasteiger partial charge in [0.05, 0.1) is 22.3 Å². The van der Waals surface area contributed by atoms with Gasteiger partial charge in [-0.25, -0.2) is 8.42 Å². The van der Waals surface area contributed by atoms with Crippen LogP contribution in [0.5, 0.6) is 0 Å². The molecule has 1 rings (SSSR count). The largest absolute Gasteiger partial charge is 0.416 e. The zero-order valence-corrected chi connectivity index (χ0v) is 10.4. The van der Waals surface area contributed by atoms with E-state index in [1.165, 1.54) is 6.92 Å². The second kappa shape index (κ2) is 5.27. The Morgan fingerprint density at radius 2 is 1.72 bits per heavy atom. The minimum absolute atomic E-state index is 0.0450. The van der Waals surface area contributed by atoms with E-state index >= 15 is 0 Å². The lowest BCUT2D eigenvalue weighted by Crippen LogP contribution is -2.13. The van der Waals surface area contributed by atoms with Gasteiger partial charge < -0.3 is 5.11 Å². The maximum atomic E-state index is 12.3. The Morgan fingerprint density at radius 1 is 1.22 bits per heavy atom. The standard InChI is InChI=1S/C11H13F3O3S/c1-8(15)6-7-18(16,17)10-4-2-9(3-5-10)11(12,13)14/h2-5,8,15H,6-7H2,1H3. The summed E-state index contributed by atoms with van der Waals surface area (Å²) in [6, 6.07) is 3.32. The van der Waals surface area contributed by atoms with Crippen LogP contribution in [0.1, 0.15) is 18.9 Å². The van der Waals surface area contributed by atoms with Crippen molar-refractivity contribution in [3.8, 4) is 0 Å². The molecule has 0 fully saturated rings. The molecule has 0 spiro atoms. The molecule has 1 atom stereocenters. The summed E-state index contributed by atoms with van der Waals surface area (Å²) in [6.45, 7) is 1.45. The number of halogens is 3. The van der Waals surface area contributed by atoms with Gasteiger partial charge in [-0.2, -0.15) is 13.2 Å². The lowest BCUT2D eigenvalue weighted by atomic mass is 10.2. The fourth-order valence-corrected chi connectivity index (χ4v) is 2.73. The molecule has 1 aromatic carbocycles. The highest BCUT2D eigenvalue weighted by molar-refractivity contribution is 7.91. The topological polar surface area (TPSA) is 54.4 Å². The van der Waals surface area contributed by atoms with Crippen molar-refractivity contribution in [2.24, 2.45) is 0 Å². The molecule has 0 amide bonds. The average molecular weight is 282 g/mol. The van der Waals surface area contributed by atoms with Crippen molar-refractivity contribution >= 4 is 9.84 Å². The molecule has 0 heterocycles. The second-order valence-electron chi connectivity index (χ2n) is 3.98. The predicted molar refractivity (Wildman–Crippen MR) is 59.8 cm³/mol.